The summed E-state index contributed by atoms with van der Waals surface area (Å²) in [5, 5.41) is 3.06. The zero-order valence-electron chi connectivity index (χ0n) is 15.7. The quantitative estimate of drug-likeness (QED) is 0.682. The van der Waals surface area contributed by atoms with Gasteiger partial charge in [-0.15, -0.1) is 11.3 Å². The van der Waals surface area contributed by atoms with Crippen molar-refractivity contribution in [1.29, 1.82) is 0 Å². The van der Waals surface area contributed by atoms with Crippen LogP contribution in [0.25, 0.3) is 10.9 Å². The third-order valence-electron chi connectivity index (χ3n) is 5.77. The molecule has 1 aliphatic carbocycles. The number of para-hydroxylation sites is 1. The number of benzene rings is 1. The molecule has 2 fully saturated rings. The molecule has 0 bridgehead atoms. The number of nitrogens with zero attached hydrogens (tertiary/aromatic N) is 3. The summed E-state index contributed by atoms with van der Waals surface area (Å²) in [4.78, 5) is 30.4. The SMILES string of the molecule is O=C(c1cccs1)N1CCN(c2cc(=O)n(CC3CC3)c3ccccc23)CC1. The maximum atomic E-state index is 12.9. The first kappa shape index (κ1) is 17.5. The number of aromatic nitrogens is 1. The van der Waals surface area contributed by atoms with Crippen LogP contribution in [-0.2, 0) is 6.54 Å². The number of piperazine rings is 1. The number of hydrogen-bond acceptors (Lipinski definition) is 4. The normalized spacial score (nSPS) is 17.3. The van der Waals surface area contributed by atoms with Crippen molar-refractivity contribution in [2.75, 3.05) is 31.1 Å². The van der Waals surface area contributed by atoms with Gasteiger partial charge in [0.2, 0.25) is 0 Å². The lowest BCUT2D eigenvalue weighted by atomic mass is 10.1. The molecule has 0 N–H and O–H groups in total. The van der Waals surface area contributed by atoms with Crippen molar-refractivity contribution in [3.05, 3.63) is 63.1 Å². The maximum absolute atomic E-state index is 12.9. The van der Waals surface area contributed by atoms with Crippen LogP contribution in [0, 0.1) is 5.92 Å². The summed E-state index contributed by atoms with van der Waals surface area (Å²) in [6.07, 6.45) is 2.45. The van der Waals surface area contributed by atoms with E-state index in [0.29, 0.717) is 19.0 Å². The van der Waals surface area contributed by atoms with Gasteiger partial charge in [-0.25, -0.2) is 0 Å². The van der Waals surface area contributed by atoms with E-state index in [1.165, 1.54) is 24.2 Å². The van der Waals surface area contributed by atoms with Crippen LogP contribution in [0.4, 0.5) is 5.69 Å². The van der Waals surface area contributed by atoms with Crippen LogP contribution >= 0.6 is 11.3 Å². The highest BCUT2D eigenvalue weighted by Gasteiger charge is 2.26. The van der Waals surface area contributed by atoms with Crippen LogP contribution in [0.2, 0.25) is 0 Å². The molecule has 0 spiro atoms. The average Bonchev–Trinajstić information content (AvgIpc) is 3.39. The van der Waals surface area contributed by atoms with E-state index >= 15 is 0 Å². The lowest BCUT2D eigenvalue weighted by Gasteiger charge is -2.36. The van der Waals surface area contributed by atoms with Gasteiger partial charge in [-0.1, -0.05) is 24.3 Å². The van der Waals surface area contributed by atoms with Gasteiger partial charge in [-0.05, 0) is 36.3 Å². The predicted molar refractivity (Wildman–Crippen MR) is 113 cm³/mol. The predicted octanol–water partition coefficient (Wildman–Crippen LogP) is 3.44. The number of amides is 1. The van der Waals surface area contributed by atoms with Crippen LogP contribution in [0.3, 0.4) is 0 Å². The fourth-order valence-electron chi connectivity index (χ4n) is 4.03. The van der Waals surface area contributed by atoms with E-state index in [2.05, 4.69) is 17.0 Å². The molecule has 2 aromatic heterocycles. The van der Waals surface area contributed by atoms with Gasteiger partial charge in [0.15, 0.2) is 0 Å². The number of thiophene rings is 1. The molecule has 3 heterocycles. The van der Waals surface area contributed by atoms with Gasteiger partial charge < -0.3 is 14.4 Å². The topological polar surface area (TPSA) is 45.6 Å². The van der Waals surface area contributed by atoms with E-state index in [-0.39, 0.29) is 11.5 Å². The van der Waals surface area contributed by atoms with Gasteiger partial charge in [-0.2, -0.15) is 0 Å². The lowest BCUT2D eigenvalue weighted by Crippen LogP contribution is -2.49. The largest absolute Gasteiger partial charge is 0.367 e. The highest BCUT2D eigenvalue weighted by molar-refractivity contribution is 7.12. The Balaban J connectivity index is 1.41. The summed E-state index contributed by atoms with van der Waals surface area (Å²) in [5.41, 5.74) is 2.10. The number of carbonyl (C=O) groups is 1. The first-order chi connectivity index (χ1) is 13.7. The van der Waals surface area contributed by atoms with Crippen molar-refractivity contribution in [3.63, 3.8) is 0 Å². The van der Waals surface area contributed by atoms with Gasteiger partial charge in [0.05, 0.1) is 16.1 Å². The van der Waals surface area contributed by atoms with Crippen LogP contribution in [0.5, 0.6) is 0 Å². The van der Waals surface area contributed by atoms with E-state index in [4.69, 9.17) is 0 Å². The van der Waals surface area contributed by atoms with Crippen molar-refractivity contribution in [2.45, 2.75) is 19.4 Å². The second-order valence-corrected chi connectivity index (χ2v) is 8.64. The highest BCUT2D eigenvalue weighted by atomic mass is 32.1. The summed E-state index contributed by atoms with van der Waals surface area (Å²) >= 11 is 1.49. The minimum atomic E-state index is 0.0812. The zero-order chi connectivity index (χ0) is 19.1. The number of carbonyl (C=O) groups excluding carboxylic acids is 1. The number of fused-ring (bicyclic) bond motifs is 1. The molecule has 28 heavy (non-hydrogen) atoms. The summed E-state index contributed by atoms with van der Waals surface area (Å²) in [7, 11) is 0. The smallest absolute Gasteiger partial charge is 0.264 e. The standard InChI is InChI=1S/C22H23N3O2S/c26-21-14-19(17-4-1-2-5-18(17)25(21)15-16-7-8-16)23-9-11-24(12-10-23)22(27)20-6-3-13-28-20/h1-6,13-14,16H,7-12,15H2. The van der Waals surface area contributed by atoms with Gasteiger partial charge in [0, 0.05) is 44.2 Å². The molecule has 0 unspecified atom stereocenters. The fourth-order valence-corrected chi connectivity index (χ4v) is 4.72. The number of pyridine rings is 1. The molecule has 1 aromatic carbocycles. The average molecular weight is 394 g/mol. The molecule has 6 heteroatoms. The van der Waals surface area contributed by atoms with E-state index in [1.54, 1.807) is 6.07 Å². The van der Waals surface area contributed by atoms with Crippen molar-refractivity contribution < 1.29 is 4.79 Å². The van der Waals surface area contributed by atoms with Crippen molar-refractivity contribution >= 4 is 33.8 Å². The van der Waals surface area contributed by atoms with Gasteiger partial charge in [0.1, 0.15) is 0 Å². The second kappa shape index (κ2) is 7.09. The number of hydrogen-bond donors (Lipinski definition) is 0. The maximum Gasteiger partial charge on any atom is 0.264 e. The fraction of sp³-hybridized carbons (Fsp3) is 0.364. The first-order valence-electron chi connectivity index (χ1n) is 9.91. The van der Waals surface area contributed by atoms with E-state index in [9.17, 15) is 9.59 Å². The first-order valence-corrected chi connectivity index (χ1v) is 10.8. The van der Waals surface area contributed by atoms with E-state index < -0.39 is 0 Å². The summed E-state index contributed by atoms with van der Waals surface area (Å²) in [6, 6.07) is 13.8. The Hall–Kier alpha value is -2.60. The Morgan fingerprint density at radius 1 is 1.04 bits per heavy atom. The molecule has 1 amide bonds. The minimum absolute atomic E-state index is 0.0812. The van der Waals surface area contributed by atoms with Crippen molar-refractivity contribution in [1.82, 2.24) is 9.47 Å². The molecule has 1 aliphatic heterocycles. The molecule has 0 atom stereocenters. The second-order valence-electron chi connectivity index (χ2n) is 7.70. The Kier molecular flexibility index (Phi) is 4.43. The van der Waals surface area contributed by atoms with E-state index in [1.807, 2.05) is 39.1 Å². The van der Waals surface area contributed by atoms with Crippen molar-refractivity contribution in [3.8, 4) is 0 Å². The van der Waals surface area contributed by atoms with Crippen LogP contribution in [-0.4, -0.2) is 41.6 Å². The third-order valence-corrected chi connectivity index (χ3v) is 6.63. The van der Waals surface area contributed by atoms with Crippen LogP contribution in [0.15, 0.2) is 52.6 Å². The minimum Gasteiger partial charge on any atom is -0.367 e. The Morgan fingerprint density at radius 3 is 2.54 bits per heavy atom. The monoisotopic (exact) mass is 393 g/mol. The summed E-state index contributed by atoms with van der Waals surface area (Å²) in [5.74, 6) is 0.762. The van der Waals surface area contributed by atoms with Gasteiger partial charge >= 0.3 is 0 Å². The summed E-state index contributed by atoms with van der Waals surface area (Å²) < 4.78 is 1.94. The van der Waals surface area contributed by atoms with Gasteiger partial charge in [0.25, 0.3) is 11.5 Å². The van der Waals surface area contributed by atoms with E-state index in [0.717, 1.165) is 41.1 Å². The zero-order valence-corrected chi connectivity index (χ0v) is 16.5. The Labute approximate surface area is 167 Å². The Morgan fingerprint density at radius 2 is 1.82 bits per heavy atom. The molecule has 144 valence electrons. The lowest BCUT2D eigenvalue weighted by molar-refractivity contribution is 0.0752. The molecule has 1 saturated heterocycles. The number of rotatable bonds is 4. The highest BCUT2D eigenvalue weighted by Crippen LogP contribution is 2.32. The molecule has 2 aliphatic rings. The molecular formula is C22H23N3O2S. The third kappa shape index (κ3) is 3.22. The van der Waals surface area contributed by atoms with Gasteiger partial charge in [-0.3, -0.25) is 9.59 Å². The van der Waals surface area contributed by atoms with Crippen LogP contribution < -0.4 is 10.5 Å². The number of anilines is 1. The molecule has 1 saturated carbocycles. The molecule has 0 radical (unpaired) electrons. The molecule has 5 nitrogen and oxygen atoms in total. The Bertz CT molecular complexity index is 1060. The molecule has 5 rings (SSSR count). The molecular weight excluding hydrogens is 370 g/mol. The molecule has 3 aromatic rings. The van der Waals surface area contributed by atoms with Crippen molar-refractivity contribution in [2.24, 2.45) is 5.92 Å². The summed E-state index contributed by atoms with van der Waals surface area (Å²) in [6.45, 7) is 3.66. The van der Waals surface area contributed by atoms with Crippen LogP contribution in [0.1, 0.15) is 22.5 Å².